The van der Waals surface area contributed by atoms with E-state index in [0.717, 1.165) is 17.7 Å². The van der Waals surface area contributed by atoms with Gasteiger partial charge in [0.15, 0.2) is 0 Å². The number of phenols is 1. The van der Waals surface area contributed by atoms with Gasteiger partial charge in [-0.25, -0.2) is 4.79 Å². The van der Waals surface area contributed by atoms with Crippen molar-refractivity contribution >= 4 is 23.8 Å². The molecule has 4 amide bonds. The number of aromatic hydroxyl groups is 1. The van der Waals surface area contributed by atoms with E-state index in [4.69, 9.17) is 10.5 Å². The molecule has 11 nitrogen and oxygen atoms in total. The topological polar surface area (TPSA) is 175 Å². The van der Waals surface area contributed by atoms with Crippen LogP contribution in [0.1, 0.15) is 71.4 Å². The summed E-state index contributed by atoms with van der Waals surface area (Å²) < 4.78 is 5.23. The molecule has 0 saturated heterocycles. The van der Waals surface area contributed by atoms with Gasteiger partial charge in [-0.1, -0.05) is 38.0 Å². The van der Waals surface area contributed by atoms with Crippen molar-refractivity contribution in [1.29, 1.82) is 5.26 Å². The van der Waals surface area contributed by atoms with Gasteiger partial charge in [0.2, 0.25) is 17.7 Å². The highest BCUT2D eigenvalue weighted by atomic mass is 16.6. The molecule has 0 saturated carbocycles. The molecule has 36 heavy (non-hydrogen) atoms. The lowest BCUT2D eigenvalue weighted by Gasteiger charge is -2.33. The number of hydrogen-bond donors (Lipinski definition) is 4. The van der Waals surface area contributed by atoms with E-state index >= 15 is 0 Å². The number of benzene rings is 1. The molecule has 11 heteroatoms. The fourth-order valence-corrected chi connectivity index (χ4v) is 3.42. The molecule has 0 heterocycles. The zero-order chi connectivity index (χ0) is 27.3. The van der Waals surface area contributed by atoms with Gasteiger partial charge in [-0.2, -0.15) is 5.26 Å². The fourth-order valence-electron chi connectivity index (χ4n) is 3.42. The molecule has 0 radical (unpaired) electrons. The number of nitrogens with zero attached hydrogens (tertiary/aromatic N) is 2. The van der Waals surface area contributed by atoms with E-state index in [1.165, 1.54) is 12.1 Å². The van der Waals surface area contributed by atoms with Crippen LogP contribution < -0.4 is 16.4 Å². The Kier molecular flexibility index (Phi) is 12.2. The molecule has 0 aliphatic heterocycles. The van der Waals surface area contributed by atoms with Crippen molar-refractivity contribution in [2.45, 2.75) is 77.5 Å². The predicted molar refractivity (Wildman–Crippen MR) is 132 cm³/mol. The van der Waals surface area contributed by atoms with Gasteiger partial charge in [0.05, 0.1) is 6.07 Å². The zero-order valence-electron chi connectivity index (χ0n) is 21.4. The second-order valence-corrected chi connectivity index (χ2v) is 9.29. The number of alkyl carbamates (subject to hydrolysis) is 1. The van der Waals surface area contributed by atoms with Gasteiger partial charge in [-0.05, 0) is 39.7 Å². The molecule has 2 unspecified atom stereocenters. The van der Waals surface area contributed by atoms with Crippen LogP contribution in [0.15, 0.2) is 24.3 Å². The molecule has 0 aromatic heterocycles. The van der Waals surface area contributed by atoms with Crippen LogP contribution in [0.4, 0.5) is 4.79 Å². The van der Waals surface area contributed by atoms with Crippen LogP contribution in [0.2, 0.25) is 0 Å². The smallest absolute Gasteiger partial charge is 0.408 e. The third-order valence-corrected chi connectivity index (χ3v) is 5.06. The summed E-state index contributed by atoms with van der Waals surface area (Å²) in [6, 6.07) is 5.18. The maximum Gasteiger partial charge on any atom is 0.408 e. The number of nitrogens with two attached hydrogens (primary N) is 1. The summed E-state index contributed by atoms with van der Waals surface area (Å²) in [5.74, 6) is -2.34. The monoisotopic (exact) mass is 503 g/mol. The Morgan fingerprint density at radius 2 is 1.86 bits per heavy atom. The van der Waals surface area contributed by atoms with Crippen molar-refractivity contribution in [3.63, 3.8) is 0 Å². The third kappa shape index (κ3) is 10.2. The van der Waals surface area contributed by atoms with Crippen LogP contribution in [0.25, 0.3) is 0 Å². The van der Waals surface area contributed by atoms with E-state index in [0.29, 0.717) is 13.0 Å². The number of carbonyl (C=O) groups excluding carboxylic acids is 4. The molecule has 0 aliphatic carbocycles. The van der Waals surface area contributed by atoms with Crippen LogP contribution in [-0.4, -0.2) is 58.6 Å². The maximum absolute atomic E-state index is 13.6. The Labute approximate surface area is 212 Å². The van der Waals surface area contributed by atoms with Crippen molar-refractivity contribution in [2.24, 2.45) is 5.73 Å². The highest BCUT2D eigenvalue weighted by Gasteiger charge is 2.37. The first kappa shape index (κ1) is 30.2. The molecular weight excluding hydrogens is 466 g/mol. The largest absolute Gasteiger partial charge is 0.508 e. The second kappa shape index (κ2) is 14.6. The zero-order valence-corrected chi connectivity index (χ0v) is 21.4. The number of para-hydroxylation sites is 1. The summed E-state index contributed by atoms with van der Waals surface area (Å²) >= 11 is 0. The minimum absolute atomic E-state index is 0.111. The first-order valence-corrected chi connectivity index (χ1v) is 11.9. The van der Waals surface area contributed by atoms with Crippen molar-refractivity contribution in [3.8, 4) is 11.8 Å². The SMILES string of the molecule is CCCCCNC(=O)C(c1ccccc1O)N(CC#N)C(=O)C(CCC(N)=O)NC(=O)OC(C)(C)C. The Bertz CT molecular complexity index is 953. The Morgan fingerprint density at radius 3 is 2.42 bits per heavy atom. The lowest BCUT2D eigenvalue weighted by Crippen LogP contribution is -2.53. The first-order valence-electron chi connectivity index (χ1n) is 11.9. The number of primary amides is 1. The van der Waals surface area contributed by atoms with Gasteiger partial charge in [-0.15, -0.1) is 0 Å². The average Bonchev–Trinajstić information content (AvgIpc) is 2.78. The standard InChI is InChI=1S/C25H37N5O6/c1-5-6-9-15-28-22(33)21(17-10-7-8-11-19(17)31)30(16-14-26)23(34)18(12-13-20(27)32)29-24(35)36-25(2,3)4/h7-8,10-11,18,21,31H,5-6,9,12-13,15-16H2,1-4H3,(H2,27,32)(H,28,33)(H,29,35). The van der Waals surface area contributed by atoms with Gasteiger partial charge in [0.1, 0.15) is 30.0 Å². The number of carbonyl (C=O) groups is 4. The molecule has 0 spiro atoms. The summed E-state index contributed by atoms with van der Waals surface area (Å²) in [5.41, 5.74) is 4.50. The van der Waals surface area contributed by atoms with Crippen LogP contribution >= 0.6 is 0 Å². The third-order valence-electron chi connectivity index (χ3n) is 5.06. The van der Waals surface area contributed by atoms with E-state index in [-0.39, 0.29) is 24.2 Å². The Balaban J connectivity index is 3.39. The highest BCUT2D eigenvalue weighted by molar-refractivity contribution is 5.93. The second-order valence-electron chi connectivity index (χ2n) is 9.29. The summed E-state index contributed by atoms with van der Waals surface area (Å²) in [7, 11) is 0. The number of hydrogen-bond acceptors (Lipinski definition) is 7. The van der Waals surface area contributed by atoms with E-state index in [1.807, 2.05) is 13.0 Å². The van der Waals surface area contributed by atoms with Gasteiger partial charge < -0.3 is 31.1 Å². The van der Waals surface area contributed by atoms with Crippen molar-refractivity contribution in [2.75, 3.05) is 13.1 Å². The maximum atomic E-state index is 13.6. The number of unbranched alkanes of at least 4 members (excludes halogenated alkanes) is 2. The molecule has 198 valence electrons. The Morgan fingerprint density at radius 1 is 1.19 bits per heavy atom. The molecule has 1 rings (SSSR count). The lowest BCUT2D eigenvalue weighted by atomic mass is 10.0. The van der Waals surface area contributed by atoms with Gasteiger partial charge in [0, 0.05) is 18.5 Å². The first-order chi connectivity index (χ1) is 16.9. The summed E-state index contributed by atoms with van der Waals surface area (Å²) in [5, 5.41) is 25.1. The fraction of sp³-hybridized carbons (Fsp3) is 0.560. The molecule has 1 aromatic rings. The highest BCUT2D eigenvalue weighted by Crippen LogP contribution is 2.30. The molecule has 2 atom stereocenters. The van der Waals surface area contributed by atoms with Crippen molar-refractivity contribution < 1.29 is 29.0 Å². The van der Waals surface area contributed by atoms with Crippen LogP contribution in [0, 0.1) is 11.3 Å². The van der Waals surface area contributed by atoms with E-state index in [2.05, 4.69) is 10.6 Å². The van der Waals surface area contributed by atoms with E-state index in [9.17, 15) is 29.5 Å². The van der Waals surface area contributed by atoms with Gasteiger partial charge >= 0.3 is 6.09 Å². The lowest BCUT2D eigenvalue weighted by molar-refractivity contribution is -0.142. The minimum atomic E-state index is -1.36. The normalized spacial score (nSPS) is 12.5. The van der Waals surface area contributed by atoms with Gasteiger partial charge in [-0.3, -0.25) is 14.4 Å². The summed E-state index contributed by atoms with van der Waals surface area (Å²) in [4.78, 5) is 51.7. The van der Waals surface area contributed by atoms with Gasteiger partial charge in [0.25, 0.3) is 0 Å². The predicted octanol–water partition coefficient (Wildman–Crippen LogP) is 2.25. The summed E-state index contributed by atoms with van der Waals surface area (Å²) in [6.07, 6.45) is 1.21. The molecule has 0 bridgehead atoms. The Hall–Kier alpha value is -3.81. The summed E-state index contributed by atoms with van der Waals surface area (Å²) in [6.45, 7) is 6.77. The van der Waals surface area contributed by atoms with E-state index < -0.39 is 48.0 Å². The van der Waals surface area contributed by atoms with E-state index in [1.54, 1.807) is 32.9 Å². The molecule has 1 aromatic carbocycles. The average molecular weight is 504 g/mol. The molecule has 5 N–H and O–H groups in total. The quantitative estimate of drug-likeness (QED) is 0.236. The molecular formula is C25H37N5O6. The van der Waals surface area contributed by atoms with Crippen molar-refractivity contribution in [1.82, 2.24) is 15.5 Å². The van der Waals surface area contributed by atoms with Crippen LogP contribution in [0.5, 0.6) is 5.75 Å². The molecule has 0 fully saturated rings. The van der Waals surface area contributed by atoms with Crippen LogP contribution in [0.3, 0.4) is 0 Å². The molecule has 0 aliphatic rings. The van der Waals surface area contributed by atoms with Crippen LogP contribution in [-0.2, 0) is 19.1 Å². The minimum Gasteiger partial charge on any atom is -0.508 e. The number of nitriles is 1. The number of rotatable bonds is 13. The number of phenolic OH excluding ortho intramolecular Hbond substituents is 1. The van der Waals surface area contributed by atoms with Crippen molar-refractivity contribution in [3.05, 3.63) is 29.8 Å². The number of amides is 4. The number of nitrogens with one attached hydrogen (secondary N) is 2. The number of ether oxygens (including phenoxy) is 1.